The molecule has 2 aromatic heterocycles. The van der Waals surface area contributed by atoms with Gasteiger partial charge in [0.2, 0.25) is 5.28 Å². The van der Waals surface area contributed by atoms with Crippen LogP contribution in [0.1, 0.15) is 39.2 Å². The van der Waals surface area contributed by atoms with E-state index in [1.165, 1.54) is 6.20 Å². The molecule has 0 radical (unpaired) electrons. The highest BCUT2D eigenvalue weighted by atomic mass is 35.5. The summed E-state index contributed by atoms with van der Waals surface area (Å²) in [5.41, 5.74) is -0.771. The van der Waals surface area contributed by atoms with E-state index in [2.05, 4.69) is 20.3 Å². The number of nitrogens with one attached hydrogen (secondary N) is 1. The number of amides is 2. The lowest BCUT2D eigenvalue weighted by atomic mass is 9.94. The maximum Gasteiger partial charge on any atom is 0.411 e. The van der Waals surface area contributed by atoms with Crippen molar-refractivity contribution in [3.05, 3.63) is 58.3 Å². The normalized spacial score (nSPS) is 20.5. The van der Waals surface area contributed by atoms with Gasteiger partial charge in [-0.3, -0.25) is 4.90 Å². The van der Waals surface area contributed by atoms with Gasteiger partial charge in [0, 0.05) is 25.8 Å². The number of carbonyl (C=O) groups is 2. The quantitative estimate of drug-likeness (QED) is 0.312. The summed E-state index contributed by atoms with van der Waals surface area (Å²) in [5, 5.41) is 2.70. The first kappa shape index (κ1) is 28.1. The summed E-state index contributed by atoms with van der Waals surface area (Å²) in [6, 6.07) is 9.06. The second kappa shape index (κ2) is 10.9. The van der Waals surface area contributed by atoms with Gasteiger partial charge in [-0.25, -0.2) is 23.9 Å². The van der Waals surface area contributed by atoms with Gasteiger partial charge in [-0.2, -0.15) is 4.98 Å². The zero-order chi connectivity index (χ0) is 28.7. The summed E-state index contributed by atoms with van der Waals surface area (Å²) >= 11 is 12.1. The van der Waals surface area contributed by atoms with E-state index in [4.69, 9.17) is 32.7 Å². The average molecular weight is 591 g/mol. The van der Waals surface area contributed by atoms with Gasteiger partial charge in [0.1, 0.15) is 23.5 Å². The molecular formula is C27H29Cl2FN6O4. The number of ether oxygens (including phenoxy) is 2. The molecule has 2 aliphatic heterocycles. The molecule has 10 nitrogen and oxygen atoms in total. The molecule has 1 N–H and O–H groups in total. The second-order valence-electron chi connectivity index (χ2n) is 11.0. The molecule has 2 atom stereocenters. The van der Waals surface area contributed by atoms with Crippen LogP contribution in [-0.4, -0.2) is 68.9 Å². The Bertz CT molecular complexity index is 1440. The molecule has 2 saturated heterocycles. The van der Waals surface area contributed by atoms with Crippen molar-refractivity contribution in [2.75, 3.05) is 24.5 Å². The van der Waals surface area contributed by atoms with E-state index in [0.29, 0.717) is 30.6 Å². The first-order chi connectivity index (χ1) is 19.0. The predicted octanol–water partition coefficient (Wildman–Crippen LogP) is 5.36. The van der Waals surface area contributed by atoms with E-state index < -0.39 is 29.1 Å². The molecule has 4 heterocycles. The van der Waals surface area contributed by atoms with Gasteiger partial charge in [0.25, 0.3) is 0 Å². The third kappa shape index (κ3) is 5.71. The van der Waals surface area contributed by atoms with E-state index in [-0.39, 0.29) is 41.7 Å². The summed E-state index contributed by atoms with van der Waals surface area (Å²) in [5.74, 6) is -0.428. The van der Waals surface area contributed by atoms with Gasteiger partial charge in [0.15, 0.2) is 11.0 Å². The molecule has 40 heavy (non-hydrogen) atoms. The number of hydrogen-bond donors (Lipinski definition) is 1. The second-order valence-corrected chi connectivity index (χ2v) is 11.7. The smallest absolute Gasteiger partial charge is 0.411 e. The van der Waals surface area contributed by atoms with Crippen molar-refractivity contribution in [1.29, 1.82) is 0 Å². The van der Waals surface area contributed by atoms with E-state index >= 15 is 0 Å². The molecule has 3 aromatic rings. The molecule has 13 heteroatoms. The van der Waals surface area contributed by atoms with E-state index in [1.54, 1.807) is 25.7 Å². The van der Waals surface area contributed by atoms with Crippen LogP contribution in [0.15, 0.2) is 36.5 Å². The molecule has 5 rings (SSSR count). The monoisotopic (exact) mass is 590 g/mol. The lowest BCUT2D eigenvalue weighted by molar-refractivity contribution is -0.00657. The van der Waals surface area contributed by atoms with Crippen molar-refractivity contribution in [3.63, 3.8) is 0 Å². The molecule has 2 bridgehead atoms. The number of hydrogen-bond acceptors (Lipinski definition) is 8. The number of pyridine rings is 1. The Labute approximate surface area is 240 Å². The lowest BCUT2D eigenvalue weighted by Crippen LogP contribution is -2.67. The summed E-state index contributed by atoms with van der Waals surface area (Å²) in [4.78, 5) is 42.1. The Morgan fingerprint density at radius 2 is 1.95 bits per heavy atom. The third-order valence-electron chi connectivity index (χ3n) is 6.99. The van der Waals surface area contributed by atoms with Crippen molar-refractivity contribution < 1.29 is 23.5 Å². The van der Waals surface area contributed by atoms with Gasteiger partial charge in [0.05, 0.1) is 17.0 Å². The van der Waals surface area contributed by atoms with Gasteiger partial charge in [-0.1, -0.05) is 41.9 Å². The fraction of sp³-hybridized carbons (Fsp3) is 0.444. The SMILES string of the molecule is CC(C)(C)OC(=O)N1C2CCC1(CNC(=O)OCc1ccccc1)CN(c1nc(Cl)nc3c(F)c(Cl)ncc13)C2. The van der Waals surface area contributed by atoms with Crippen LogP contribution in [0.4, 0.5) is 19.8 Å². The zero-order valence-corrected chi connectivity index (χ0v) is 23.8. The van der Waals surface area contributed by atoms with Gasteiger partial charge >= 0.3 is 12.2 Å². The molecule has 0 saturated carbocycles. The Balaban J connectivity index is 1.43. The summed E-state index contributed by atoms with van der Waals surface area (Å²) in [6.45, 7) is 6.25. The topological polar surface area (TPSA) is 110 Å². The summed E-state index contributed by atoms with van der Waals surface area (Å²) in [7, 11) is 0. The number of rotatable bonds is 5. The third-order valence-corrected chi connectivity index (χ3v) is 7.43. The molecule has 0 aliphatic carbocycles. The van der Waals surface area contributed by atoms with Gasteiger partial charge < -0.3 is 19.7 Å². The number of carbonyl (C=O) groups excluding carboxylic acids is 2. The summed E-state index contributed by atoms with van der Waals surface area (Å²) < 4.78 is 26.0. The van der Waals surface area contributed by atoms with Crippen LogP contribution in [0.3, 0.4) is 0 Å². The van der Waals surface area contributed by atoms with Crippen molar-refractivity contribution in [2.45, 2.75) is 57.4 Å². The van der Waals surface area contributed by atoms with Crippen LogP contribution in [0.2, 0.25) is 10.4 Å². The lowest BCUT2D eigenvalue weighted by Gasteiger charge is -2.49. The molecule has 1 aromatic carbocycles. The maximum absolute atomic E-state index is 14.8. The molecule has 212 valence electrons. The number of nitrogens with zero attached hydrogens (tertiary/aromatic N) is 5. The number of anilines is 1. The number of piperazine rings is 1. The first-order valence-corrected chi connectivity index (χ1v) is 13.6. The number of alkyl carbamates (subject to hydrolysis) is 1. The molecule has 0 spiro atoms. The van der Waals surface area contributed by atoms with Crippen LogP contribution in [0.5, 0.6) is 0 Å². The Morgan fingerprint density at radius 1 is 1.20 bits per heavy atom. The largest absolute Gasteiger partial charge is 0.445 e. The highest BCUT2D eigenvalue weighted by molar-refractivity contribution is 6.30. The molecule has 2 aliphatic rings. The van der Waals surface area contributed by atoms with Gasteiger partial charge in [-0.05, 0) is 50.8 Å². The highest BCUT2D eigenvalue weighted by Gasteiger charge is 2.55. The number of aromatic nitrogens is 3. The van der Waals surface area contributed by atoms with Crippen LogP contribution in [0.25, 0.3) is 10.9 Å². The van der Waals surface area contributed by atoms with E-state index in [9.17, 15) is 14.0 Å². The highest BCUT2D eigenvalue weighted by Crippen LogP contribution is 2.42. The van der Waals surface area contributed by atoms with Crippen molar-refractivity contribution in [3.8, 4) is 0 Å². The fourth-order valence-electron chi connectivity index (χ4n) is 5.36. The average Bonchev–Trinajstić information content (AvgIpc) is 3.14. The van der Waals surface area contributed by atoms with Crippen LogP contribution in [0, 0.1) is 5.82 Å². The Kier molecular flexibility index (Phi) is 7.62. The molecule has 2 unspecified atom stereocenters. The minimum atomic E-state index is -0.862. The number of halogens is 3. The first-order valence-electron chi connectivity index (χ1n) is 12.8. The van der Waals surface area contributed by atoms with Crippen LogP contribution < -0.4 is 10.2 Å². The maximum atomic E-state index is 14.8. The minimum absolute atomic E-state index is 0.0476. The van der Waals surface area contributed by atoms with E-state index in [1.807, 2.05) is 35.2 Å². The zero-order valence-electron chi connectivity index (χ0n) is 22.3. The number of fused-ring (bicyclic) bond motifs is 3. The Morgan fingerprint density at radius 3 is 2.67 bits per heavy atom. The van der Waals surface area contributed by atoms with Crippen LogP contribution in [-0.2, 0) is 16.1 Å². The van der Waals surface area contributed by atoms with Gasteiger partial charge in [-0.15, -0.1) is 0 Å². The molecule has 2 amide bonds. The standard InChI is InChI=1S/C27H29Cl2FN6O4/c1-26(2,3)40-25(38)36-17-9-10-27(36,14-32-24(37)39-13-16-7-5-4-6-8-16)15-35(12-17)22-18-11-31-21(28)19(30)20(18)33-23(29)34-22/h4-8,11,17H,9-10,12-15H2,1-3H3,(H,32,37). The van der Waals surface area contributed by atoms with Crippen molar-refractivity contribution in [1.82, 2.24) is 25.2 Å². The summed E-state index contributed by atoms with van der Waals surface area (Å²) in [6.07, 6.45) is 1.56. The van der Waals surface area contributed by atoms with Crippen molar-refractivity contribution in [2.24, 2.45) is 0 Å². The van der Waals surface area contributed by atoms with E-state index in [0.717, 1.165) is 5.56 Å². The number of benzene rings is 1. The predicted molar refractivity (Wildman–Crippen MR) is 148 cm³/mol. The Hall–Kier alpha value is -3.44. The fourth-order valence-corrected chi connectivity index (χ4v) is 5.67. The minimum Gasteiger partial charge on any atom is -0.445 e. The molecule has 2 fully saturated rings. The van der Waals surface area contributed by atoms with Crippen molar-refractivity contribution >= 4 is 52.1 Å². The van der Waals surface area contributed by atoms with Crippen LogP contribution >= 0.6 is 23.2 Å². The molecular weight excluding hydrogens is 562 g/mol.